The van der Waals surface area contributed by atoms with Crippen molar-refractivity contribution in [3.63, 3.8) is 0 Å². The lowest BCUT2D eigenvalue weighted by Gasteiger charge is -2.20. The standard InChI is InChI=1S/C22H25N5O6/c23-17(10-13-4-6-14(7-5-13)20(24)25)21(32)26-16-3-1-2-15(11-16)22(33)27(12-19(30)31)9-8-18(28)29/h1-7,11,17H,8-10,12,23H2,(H3,24,25)(H,26,32)(H,28,29)(H,30,31). The van der Waals surface area contributed by atoms with Gasteiger partial charge in [-0.3, -0.25) is 24.6 Å². The van der Waals surface area contributed by atoms with Crippen LogP contribution in [-0.4, -0.2) is 63.8 Å². The molecule has 8 N–H and O–H groups in total. The van der Waals surface area contributed by atoms with E-state index in [1.807, 2.05) is 0 Å². The maximum absolute atomic E-state index is 12.7. The lowest BCUT2D eigenvalue weighted by atomic mass is 10.0. The Hall–Kier alpha value is -4.25. The fourth-order valence-corrected chi connectivity index (χ4v) is 2.96. The maximum atomic E-state index is 12.7. The Balaban J connectivity index is 2.06. The molecule has 0 saturated heterocycles. The summed E-state index contributed by atoms with van der Waals surface area (Å²) in [5, 5.41) is 27.9. The van der Waals surface area contributed by atoms with Crippen molar-refractivity contribution >= 4 is 35.3 Å². The number of nitrogens with zero attached hydrogens (tertiary/aromatic N) is 1. The minimum Gasteiger partial charge on any atom is -0.481 e. The van der Waals surface area contributed by atoms with Crippen LogP contribution in [0.3, 0.4) is 0 Å². The van der Waals surface area contributed by atoms with Crippen molar-refractivity contribution < 1.29 is 29.4 Å². The summed E-state index contributed by atoms with van der Waals surface area (Å²) in [6.45, 7) is -0.930. The molecule has 2 aromatic rings. The Morgan fingerprint density at radius 2 is 1.67 bits per heavy atom. The molecule has 2 aromatic carbocycles. The number of carboxylic acids is 2. The molecule has 0 aliphatic carbocycles. The van der Waals surface area contributed by atoms with Crippen molar-refractivity contribution in [2.45, 2.75) is 18.9 Å². The highest BCUT2D eigenvalue weighted by atomic mass is 16.4. The topological polar surface area (TPSA) is 200 Å². The summed E-state index contributed by atoms with van der Waals surface area (Å²) in [5.74, 6) is -3.68. The van der Waals surface area contributed by atoms with Crippen LogP contribution in [0.5, 0.6) is 0 Å². The number of carbonyl (C=O) groups is 4. The monoisotopic (exact) mass is 455 g/mol. The number of amides is 2. The Morgan fingerprint density at radius 1 is 1.00 bits per heavy atom. The number of aliphatic carboxylic acids is 2. The summed E-state index contributed by atoms with van der Waals surface area (Å²) in [6, 6.07) is 11.7. The first-order chi connectivity index (χ1) is 15.6. The van der Waals surface area contributed by atoms with Crippen LogP contribution < -0.4 is 16.8 Å². The van der Waals surface area contributed by atoms with Crippen LogP contribution >= 0.6 is 0 Å². The highest BCUT2D eigenvalue weighted by Gasteiger charge is 2.20. The Morgan fingerprint density at radius 3 is 2.24 bits per heavy atom. The molecule has 0 saturated carbocycles. The zero-order valence-corrected chi connectivity index (χ0v) is 17.7. The van der Waals surface area contributed by atoms with Crippen LogP contribution in [0.1, 0.15) is 27.9 Å². The number of carbonyl (C=O) groups excluding carboxylic acids is 2. The van der Waals surface area contributed by atoms with E-state index in [-0.39, 0.29) is 30.1 Å². The molecule has 2 amide bonds. The largest absolute Gasteiger partial charge is 0.481 e. The van der Waals surface area contributed by atoms with Gasteiger partial charge in [0.05, 0.1) is 12.5 Å². The third kappa shape index (κ3) is 7.74. The number of amidine groups is 1. The summed E-state index contributed by atoms with van der Waals surface area (Å²) in [6.07, 6.45) is -0.179. The van der Waals surface area contributed by atoms with Gasteiger partial charge in [0.15, 0.2) is 0 Å². The summed E-state index contributed by atoms with van der Waals surface area (Å²) >= 11 is 0. The summed E-state index contributed by atoms with van der Waals surface area (Å²) in [7, 11) is 0. The first-order valence-corrected chi connectivity index (χ1v) is 9.89. The predicted octanol–water partition coefficient (Wildman–Crippen LogP) is 0.481. The Kier molecular flexibility index (Phi) is 8.64. The van der Waals surface area contributed by atoms with Gasteiger partial charge < -0.3 is 31.9 Å². The van der Waals surface area contributed by atoms with Gasteiger partial charge in [0.1, 0.15) is 12.4 Å². The van der Waals surface area contributed by atoms with Crippen molar-refractivity contribution in [1.29, 1.82) is 5.41 Å². The molecule has 0 aliphatic heterocycles. The van der Waals surface area contributed by atoms with Gasteiger partial charge in [-0.25, -0.2) is 0 Å². The highest BCUT2D eigenvalue weighted by Crippen LogP contribution is 2.14. The van der Waals surface area contributed by atoms with E-state index in [9.17, 15) is 19.2 Å². The molecule has 0 bridgehead atoms. The van der Waals surface area contributed by atoms with E-state index in [1.165, 1.54) is 18.2 Å². The second-order valence-corrected chi connectivity index (χ2v) is 7.26. The molecule has 2 rings (SSSR count). The molecule has 1 atom stereocenters. The number of rotatable bonds is 11. The maximum Gasteiger partial charge on any atom is 0.323 e. The molecule has 0 heterocycles. The average Bonchev–Trinajstić information content (AvgIpc) is 2.76. The van der Waals surface area contributed by atoms with E-state index < -0.39 is 42.8 Å². The van der Waals surface area contributed by atoms with Crippen LogP contribution in [0.25, 0.3) is 0 Å². The van der Waals surface area contributed by atoms with Gasteiger partial charge in [-0.2, -0.15) is 0 Å². The molecule has 0 fully saturated rings. The average molecular weight is 455 g/mol. The molecule has 174 valence electrons. The molecule has 0 aliphatic rings. The van der Waals surface area contributed by atoms with Crippen LogP contribution in [0.4, 0.5) is 5.69 Å². The van der Waals surface area contributed by atoms with Crippen molar-refractivity contribution in [1.82, 2.24) is 4.90 Å². The summed E-state index contributed by atoms with van der Waals surface area (Å²) < 4.78 is 0. The summed E-state index contributed by atoms with van der Waals surface area (Å²) in [5.41, 5.74) is 13.1. The smallest absolute Gasteiger partial charge is 0.323 e. The minimum absolute atomic E-state index is 0.0668. The second kappa shape index (κ2) is 11.4. The number of nitrogen functional groups attached to an aromatic ring is 1. The zero-order valence-electron chi connectivity index (χ0n) is 17.7. The number of hydrogen-bond donors (Lipinski definition) is 6. The lowest BCUT2D eigenvalue weighted by Crippen LogP contribution is -2.38. The molecule has 0 spiro atoms. The molecule has 0 aromatic heterocycles. The molecule has 0 radical (unpaired) electrons. The summed E-state index contributed by atoms with van der Waals surface area (Å²) in [4.78, 5) is 48.0. The zero-order chi connectivity index (χ0) is 24.5. The van der Waals surface area contributed by atoms with Gasteiger partial charge >= 0.3 is 11.9 Å². The van der Waals surface area contributed by atoms with Gasteiger partial charge in [-0.1, -0.05) is 30.3 Å². The molecule has 1 unspecified atom stereocenters. The number of carboxylic acid groups (broad SMARTS) is 2. The van der Waals surface area contributed by atoms with Crippen molar-refractivity contribution in [2.24, 2.45) is 11.5 Å². The van der Waals surface area contributed by atoms with E-state index in [2.05, 4.69) is 5.32 Å². The Labute approximate surface area is 189 Å². The van der Waals surface area contributed by atoms with Crippen LogP contribution in [0, 0.1) is 5.41 Å². The Bertz CT molecular complexity index is 1050. The lowest BCUT2D eigenvalue weighted by molar-refractivity contribution is -0.140. The van der Waals surface area contributed by atoms with Gasteiger partial charge in [0, 0.05) is 23.4 Å². The fourth-order valence-electron chi connectivity index (χ4n) is 2.96. The SMILES string of the molecule is N=C(N)c1ccc(CC(N)C(=O)Nc2cccc(C(=O)N(CCC(=O)O)CC(=O)O)c2)cc1. The van der Waals surface area contributed by atoms with Crippen LogP contribution in [-0.2, 0) is 20.8 Å². The number of benzene rings is 2. The predicted molar refractivity (Wildman–Crippen MR) is 120 cm³/mol. The van der Waals surface area contributed by atoms with Gasteiger partial charge in [0.2, 0.25) is 5.91 Å². The minimum atomic E-state index is -1.28. The fraction of sp³-hybridized carbons (Fsp3) is 0.227. The molecular formula is C22H25N5O6. The van der Waals surface area contributed by atoms with E-state index in [1.54, 1.807) is 30.3 Å². The molecular weight excluding hydrogens is 430 g/mol. The van der Waals surface area contributed by atoms with E-state index >= 15 is 0 Å². The van der Waals surface area contributed by atoms with Crippen LogP contribution in [0.15, 0.2) is 48.5 Å². The van der Waals surface area contributed by atoms with E-state index in [0.717, 1.165) is 10.5 Å². The van der Waals surface area contributed by atoms with E-state index in [4.69, 9.17) is 27.1 Å². The normalized spacial score (nSPS) is 11.3. The van der Waals surface area contributed by atoms with Gasteiger partial charge in [-0.15, -0.1) is 0 Å². The van der Waals surface area contributed by atoms with Crippen molar-refractivity contribution in [2.75, 3.05) is 18.4 Å². The number of nitrogens with one attached hydrogen (secondary N) is 2. The molecule has 11 nitrogen and oxygen atoms in total. The van der Waals surface area contributed by atoms with E-state index in [0.29, 0.717) is 5.56 Å². The first-order valence-electron chi connectivity index (χ1n) is 9.89. The van der Waals surface area contributed by atoms with Crippen LogP contribution in [0.2, 0.25) is 0 Å². The highest BCUT2D eigenvalue weighted by molar-refractivity contribution is 5.99. The quantitative estimate of drug-likeness (QED) is 0.207. The molecule has 33 heavy (non-hydrogen) atoms. The van der Waals surface area contributed by atoms with Crippen molar-refractivity contribution in [3.05, 3.63) is 65.2 Å². The van der Waals surface area contributed by atoms with Gasteiger partial charge in [0.25, 0.3) is 5.91 Å². The van der Waals surface area contributed by atoms with Gasteiger partial charge in [-0.05, 0) is 30.2 Å². The second-order valence-electron chi connectivity index (χ2n) is 7.26. The third-order valence-corrected chi connectivity index (χ3v) is 4.64. The number of nitrogens with two attached hydrogens (primary N) is 2. The molecule has 11 heteroatoms. The number of anilines is 1. The number of hydrogen-bond acceptors (Lipinski definition) is 6. The third-order valence-electron chi connectivity index (χ3n) is 4.64. The van der Waals surface area contributed by atoms with Crippen molar-refractivity contribution in [3.8, 4) is 0 Å². The first kappa shape index (κ1) is 25.0.